The lowest BCUT2D eigenvalue weighted by Crippen LogP contribution is -2.36. The first kappa shape index (κ1) is 14.0. The Kier molecular flexibility index (Phi) is 4.22. The Balaban J connectivity index is 1.97. The summed E-state index contributed by atoms with van der Waals surface area (Å²) < 4.78 is 0. The molecule has 2 rings (SSSR count). The van der Waals surface area contributed by atoms with Gasteiger partial charge in [0, 0.05) is 19.6 Å². The van der Waals surface area contributed by atoms with Crippen LogP contribution in [0.5, 0.6) is 0 Å². The highest BCUT2D eigenvalue weighted by atomic mass is 16.2. The molecular weight excluding hydrogens is 238 g/mol. The van der Waals surface area contributed by atoms with E-state index in [1.807, 2.05) is 26.2 Å². The van der Waals surface area contributed by atoms with E-state index in [9.17, 15) is 4.79 Å². The van der Waals surface area contributed by atoms with E-state index in [1.54, 1.807) is 0 Å². The number of amides is 1. The van der Waals surface area contributed by atoms with Crippen LogP contribution in [0.25, 0.3) is 0 Å². The minimum Gasteiger partial charge on any atom is -0.351 e. The summed E-state index contributed by atoms with van der Waals surface area (Å²) in [5, 5.41) is 3.03. The van der Waals surface area contributed by atoms with Gasteiger partial charge in [-0.2, -0.15) is 0 Å². The third kappa shape index (κ3) is 3.33. The van der Waals surface area contributed by atoms with Gasteiger partial charge in [-0.25, -0.2) is 0 Å². The van der Waals surface area contributed by atoms with E-state index in [0.29, 0.717) is 13.1 Å². The molecule has 4 nitrogen and oxygen atoms in total. The molecule has 0 aliphatic heterocycles. The molecule has 3 N–H and O–H groups in total. The van der Waals surface area contributed by atoms with Crippen LogP contribution in [0.2, 0.25) is 0 Å². The largest absolute Gasteiger partial charge is 0.351 e. The normalized spacial score (nSPS) is 16.4. The van der Waals surface area contributed by atoms with Crippen LogP contribution in [0, 0.1) is 5.41 Å². The van der Waals surface area contributed by atoms with Crippen LogP contribution in [0.4, 0.5) is 0 Å². The third-order valence-corrected chi connectivity index (χ3v) is 3.77. The van der Waals surface area contributed by atoms with Gasteiger partial charge in [-0.3, -0.25) is 4.79 Å². The second kappa shape index (κ2) is 5.72. The van der Waals surface area contributed by atoms with Gasteiger partial charge in [-0.05, 0) is 38.1 Å². The van der Waals surface area contributed by atoms with Gasteiger partial charge in [0.15, 0.2) is 0 Å². The van der Waals surface area contributed by atoms with Crippen molar-refractivity contribution in [2.24, 2.45) is 11.1 Å². The number of hydrogen-bond donors (Lipinski definition) is 2. The smallest absolute Gasteiger partial charge is 0.227 e. The van der Waals surface area contributed by atoms with Crippen molar-refractivity contribution in [2.75, 3.05) is 20.6 Å². The summed E-state index contributed by atoms with van der Waals surface area (Å²) in [4.78, 5) is 14.2. The van der Waals surface area contributed by atoms with E-state index >= 15 is 0 Å². The summed E-state index contributed by atoms with van der Waals surface area (Å²) >= 11 is 0. The molecule has 0 spiro atoms. The van der Waals surface area contributed by atoms with Crippen LogP contribution in [0.3, 0.4) is 0 Å². The van der Waals surface area contributed by atoms with Crippen molar-refractivity contribution in [3.63, 3.8) is 0 Å². The Morgan fingerprint density at radius 2 is 1.95 bits per heavy atom. The van der Waals surface area contributed by atoms with Crippen LogP contribution in [-0.4, -0.2) is 31.4 Å². The Bertz CT molecular complexity index is 452. The first-order valence-electron chi connectivity index (χ1n) is 6.77. The van der Waals surface area contributed by atoms with Crippen molar-refractivity contribution in [3.05, 3.63) is 35.4 Å². The van der Waals surface area contributed by atoms with Crippen molar-refractivity contribution in [1.82, 2.24) is 10.2 Å². The summed E-state index contributed by atoms with van der Waals surface area (Å²) in [6.07, 6.45) is 1.85. The van der Waals surface area contributed by atoms with Gasteiger partial charge in [0.05, 0.1) is 5.41 Å². The molecule has 0 atom stereocenters. The zero-order chi connectivity index (χ0) is 13.9. The van der Waals surface area contributed by atoms with Gasteiger partial charge < -0.3 is 16.0 Å². The quantitative estimate of drug-likeness (QED) is 0.806. The highest BCUT2D eigenvalue weighted by Gasteiger charge is 2.48. The van der Waals surface area contributed by atoms with Gasteiger partial charge in [-0.1, -0.05) is 24.3 Å². The molecule has 1 aliphatic rings. The zero-order valence-corrected chi connectivity index (χ0v) is 11.8. The molecule has 0 aromatic heterocycles. The van der Waals surface area contributed by atoms with E-state index in [1.165, 1.54) is 11.1 Å². The van der Waals surface area contributed by atoms with E-state index in [2.05, 4.69) is 22.3 Å². The molecular formula is C15H23N3O. The second-order valence-electron chi connectivity index (χ2n) is 5.67. The molecule has 1 aliphatic carbocycles. The molecule has 1 fully saturated rings. The summed E-state index contributed by atoms with van der Waals surface area (Å²) in [5.41, 5.74) is 7.83. The molecule has 4 heteroatoms. The predicted octanol–water partition coefficient (Wildman–Crippen LogP) is 1.10. The van der Waals surface area contributed by atoms with Crippen molar-refractivity contribution < 1.29 is 4.79 Å². The average molecular weight is 261 g/mol. The molecule has 0 unspecified atom stereocenters. The molecule has 0 bridgehead atoms. The standard InChI is InChI=1S/C15H23N3O/c1-18(2)10-13-6-4-3-5-12(13)9-17-14(19)15(11-16)7-8-15/h3-6H,7-11,16H2,1-2H3,(H,17,19). The Morgan fingerprint density at radius 3 is 2.47 bits per heavy atom. The maximum absolute atomic E-state index is 12.1. The van der Waals surface area contributed by atoms with Gasteiger partial charge in [-0.15, -0.1) is 0 Å². The second-order valence-corrected chi connectivity index (χ2v) is 5.67. The topological polar surface area (TPSA) is 58.4 Å². The summed E-state index contributed by atoms with van der Waals surface area (Å²) in [6.45, 7) is 1.93. The van der Waals surface area contributed by atoms with Gasteiger partial charge >= 0.3 is 0 Å². The number of nitrogens with two attached hydrogens (primary N) is 1. The Hall–Kier alpha value is -1.39. The van der Waals surface area contributed by atoms with Crippen molar-refractivity contribution in [2.45, 2.75) is 25.9 Å². The Morgan fingerprint density at radius 1 is 1.32 bits per heavy atom. The van der Waals surface area contributed by atoms with Crippen LogP contribution in [-0.2, 0) is 17.9 Å². The molecule has 1 aromatic rings. The lowest BCUT2D eigenvalue weighted by molar-refractivity contribution is -0.126. The van der Waals surface area contributed by atoms with Gasteiger partial charge in [0.25, 0.3) is 0 Å². The predicted molar refractivity (Wildman–Crippen MR) is 76.4 cm³/mol. The van der Waals surface area contributed by atoms with E-state index in [4.69, 9.17) is 5.73 Å². The number of carbonyl (C=O) groups excluding carboxylic acids is 1. The molecule has 1 saturated carbocycles. The summed E-state index contributed by atoms with van der Waals surface area (Å²) in [6, 6.07) is 8.22. The van der Waals surface area contributed by atoms with Gasteiger partial charge in [0.1, 0.15) is 0 Å². The minimum absolute atomic E-state index is 0.106. The molecule has 0 saturated heterocycles. The number of hydrogen-bond acceptors (Lipinski definition) is 3. The van der Waals surface area contributed by atoms with E-state index in [-0.39, 0.29) is 11.3 Å². The average Bonchev–Trinajstić information content (AvgIpc) is 3.18. The van der Waals surface area contributed by atoms with E-state index < -0.39 is 0 Å². The van der Waals surface area contributed by atoms with Crippen LogP contribution in [0.15, 0.2) is 24.3 Å². The maximum atomic E-state index is 12.1. The monoisotopic (exact) mass is 261 g/mol. The van der Waals surface area contributed by atoms with Crippen LogP contribution in [0.1, 0.15) is 24.0 Å². The number of rotatable bonds is 6. The molecule has 19 heavy (non-hydrogen) atoms. The number of nitrogens with zero attached hydrogens (tertiary/aromatic N) is 1. The Labute approximate surface area is 115 Å². The van der Waals surface area contributed by atoms with Crippen molar-refractivity contribution >= 4 is 5.91 Å². The van der Waals surface area contributed by atoms with Crippen molar-refractivity contribution in [3.8, 4) is 0 Å². The maximum Gasteiger partial charge on any atom is 0.227 e. The fourth-order valence-electron chi connectivity index (χ4n) is 2.26. The highest BCUT2D eigenvalue weighted by Crippen LogP contribution is 2.44. The molecule has 0 heterocycles. The number of carbonyl (C=O) groups is 1. The van der Waals surface area contributed by atoms with Crippen LogP contribution >= 0.6 is 0 Å². The SMILES string of the molecule is CN(C)Cc1ccccc1CNC(=O)C1(CN)CC1. The van der Waals surface area contributed by atoms with Crippen LogP contribution < -0.4 is 11.1 Å². The molecule has 1 amide bonds. The minimum atomic E-state index is -0.267. The zero-order valence-electron chi connectivity index (χ0n) is 11.8. The molecule has 0 radical (unpaired) electrons. The summed E-state index contributed by atoms with van der Waals surface area (Å²) in [5.74, 6) is 0.106. The van der Waals surface area contributed by atoms with E-state index in [0.717, 1.165) is 19.4 Å². The lowest BCUT2D eigenvalue weighted by Gasteiger charge is -2.16. The summed E-state index contributed by atoms with van der Waals surface area (Å²) in [7, 11) is 4.09. The molecule has 104 valence electrons. The number of benzene rings is 1. The molecule has 1 aromatic carbocycles. The third-order valence-electron chi connectivity index (χ3n) is 3.77. The fraction of sp³-hybridized carbons (Fsp3) is 0.533. The first-order valence-corrected chi connectivity index (χ1v) is 6.77. The van der Waals surface area contributed by atoms with Gasteiger partial charge in [0.2, 0.25) is 5.91 Å². The number of nitrogens with one attached hydrogen (secondary N) is 1. The first-order chi connectivity index (χ1) is 9.07. The fourth-order valence-corrected chi connectivity index (χ4v) is 2.26. The lowest BCUT2D eigenvalue weighted by atomic mass is 10.0. The van der Waals surface area contributed by atoms with Crippen molar-refractivity contribution in [1.29, 1.82) is 0 Å². The highest BCUT2D eigenvalue weighted by molar-refractivity contribution is 5.85.